The molecule has 0 saturated carbocycles. The number of hydrogen-bond donors (Lipinski definition) is 1. The molecule has 0 heterocycles. The number of rotatable bonds is 8. The molecule has 0 aliphatic rings. The van der Waals surface area contributed by atoms with Gasteiger partial charge in [-0.1, -0.05) is 56.6 Å². The largest absolute Gasteiger partial charge is 0.481 e. The number of halogens is 1. The molecule has 5 heteroatoms. The van der Waals surface area contributed by atoms with Crippen molar-refractivity contribution in [3.8, 4) is 5.75 Å². The minimum Gasteiger partial charge on any atom is -0.481 e. The van der Waals surface area contributed by atoms with E-state index in [1.165, 1.54) is 11.1 Å². The first-order valence-electron chi connectivity index (χ1n) is 9.13. The van der Waals surface area contributed by atoms with Gasteiger partial charge in [-0.05, 0) is 47.7 Å². The van der Waals surface area contributed by atoms with E-state index in [0.29, 0.717) is 12.3 Å². The lowest BCUT2D eigenvalue weighted by Crippen LogP contribution is -2.37. The van der Waals surface area contributed by atoms with Crippen LogP contribution in [0.15, 0.2) is 48.5 Å². The summed E-state index contributed by atoms with van der Waals surface area (Å²) in [5.74, 6) is 2.37. The Bertz CT molecular complexity index is 723. The Morgan fingerprint density at radius 2 is 1.74 bits per heavy atom. The standard InChI is InChI=1S/C22H28ClNO2S/c1-16(26-20-11-7-18(8-12-20)22(2,3)4)21(25)24-13-14-27-15-17-5-9-19(23)10-6-17/h5-12,16H,13-15H2,1-4H3,(H,24,25)/t16-/m0/s1. The molecule has 2 rings (SSSR count). The summed E-state index contributed by atoms with van der Waals surface area (Å²) in [4.78, 5) is 12.2. The highest BCUT2D eigenvalue weighted by molar-refractivity contribution is 7.98. The van der Waals surface area contributed by atoms with Gasteiger partial charge >= 0.3 is 0 Å². The smallest absolute Gasteiger partial charge is 0.260 e. The summed E-state index contributed by atoms with van der Waals surface area (Å²) in [6, 6.07) is 15.8. The normalized spacial score (nSPS) is 12.5. The molecule has 2 aromatic carbocycles. The second kappa shape index (κ2) is 10.0. The molecule has 0 saturated heterocycles. The van der Waals surface area contributed by atoms with Crippen molar-refractivity contribution >= 4 is 29.3 Å². The molecule has 0 unspecified atom stereocenters. The van der Waals surface area contributed by atoms with Crippen molar-refractivity contribution in [2.24, 2.45) is 0 Å². The lowest BCUT2D eigenvalue weighted by atomic mass is 9.87. The van der Waals surface area contributed by atoms with Crippen molar-refractivity contribution in [1.82, 2.24) is 5.32 Å². The summed E-state index contributed by atoms with van der Waals surface area (Å²) in [5, 5.41) is 3.68. The van der Waals surface area contributed by atoms with Gasteiger partial charge in [-0.15, -0.1) is 0 Å². The fourth-order valence-electron chi connectivity index (χ4n) is 2.45. The first-order valence-corrected chi connectivity index (χ1v) is 10.7. The summed E-state index contributed by atoms with van der Waals surface area (Å²) in [6.45, 7) is 8.90. The van der Waals surface area contributed by atoms with Crippen LogP contribution in [0, 0.1) is 0 Å². The van der Waals surface area contributed by atoms with Crippen molar-refractivity contribution in [2.45, 2.75) is 45.0 Å². The van der Waals surface area contributed by atoms with Gasteiger partial charge in [0.05, 0.1) is 0 Å². The van der Waals surface area contributed by atoms with Crippen molar-refractivity contribution in [1.29, 1.82) is 0 Å². The van der Waals surface area contributed by atoms with E-state index in [2.05, 4.69) is 26.1 Å². The zero-order chi connectivity index (χ0) is 19.9. The summed E-state index contributed by atoms with van der Waals surface area (Å²) in [7, 11) is 0. The molecule has 0 aromatic heterocycles. The molecule has 3 nitrogen and oxygen atoms in total. The minimum absolute atomic E-state index is 0.0954. The van der Waals surface area contributed by atoms with Crippen LogP contribution in [0.3, 0.4) is 0 Å². The second-order valence-corrected chi connectivity index (χ2v) is 9.05. The molecular weight excluding hydrogens is 378 g/mol. The molecule has 1 N–H and O–H groups in total. The molecule has 2 aromatic rings. The maximum absolute atomic E-state index is 12.2. The van der Waals surface area contributed by atoms with Crippen molar-refractivity contribution in [3.63, 3.8) is 0 Å². The van der Waals surface area contributed by atoms with E-state index in [4.69, 9.17) is 16.3 Å². The molecule has 146 valence electrons. The highest BCUT2D eigenvalue weighted by Gasteiger charge is 2.16. The quantitative estimate of drug-likeness (QED) is 0.593. The van der Waals surface area contributed by atoms with Gasteiger partial charge in [-0.3, -0.25) is 4.79 Å². The lowest BCUT2D eigenvalue weighted by molar-refractivity contribution is -0.127. The Hall–Kier alpha value is -1.65. The maximum atomic E-state index is 12.2. The molecule has 1 atom stereocenters. The maximum Gasteiger partial charge on any atom is 0.260 e. The van der Waals surface area contributed by atoms with Gasteiger partial charge < -0.3 is 10.1 Å². The van der Waals surface area contributed by atoms with E-state index in [9.17, 15) is 4.79 Å². The van der Waals surface area contributed by atoms with E-state index >= 15 is 0 Å². The Morgan fingerprint density at radius 3 is 2.33 bits per heavy atom. The van der Waals surface area contributed by atoms with Gasteiger partial charge in [0.25, 0.3) is 5.91 Å². The Balaban J connectivity index is 1.68. The van der Waals surface area contributed by atoms with Crippen molar-refractivity contribution in [2.75, 3.05) is 12.3 Å². The van der Waals surface area contributed by atoms with Crippen LogP contribution in [0.4, 0.5) is 0 Å². The third-order valence-corrected chi connectivity index (χ3v) is 5.41. The zero-order valence-electron chi connectivity index (χ0n) is 16.4. The first-order chi connectivity index (χ1) is 12.8. The molecule has 0 radical (unpaired) electrons. The summed E-state index contributed by atoms with van der Waals surface area (Å²) in [5.41, 5.74) is 2.57. The van der Waals surface area contributed by atoms with Gasteiger partial charge in [0.2, 0.25) is 0 Å². The number of carbonyl (C=O) groups excluding carboxylic acids is 1. The number of nitrogens with one attached hydrogen (secondary N) is 1. The third-order valence-electron chi connectivity index (χ3n) is 4.13. The van der Waals surface area contributed by atoms with Crippen LogP contribution in [-0.4, -0.2) is 24.3 Å². The third kappa shape index (κ3) is 7.47. The van der Waals surface area contributed by atoms with Gasteiger partial charge in [0, 0.05) is 23.1 Å². The Morgan fingerprint density at radius 1 is 1.11 bits per heavy atom. The molecular formula is C22H28ClNO2S. The van der Waals surface area contributed by atoms with E-state index in [1.54, 1.807) is 18.7 Å². The van der Waals surface area contributed by atoms with E-state index in [1.807, 2.05) is 48.5 Å². The predicted octanol–water partition coefficient (Wildman–Crippen LogP) is 5.45. The fourth-order valence-corrected chi connectivity index (χ4v) is 3.40. The highest BCUT2D eigenvalue weighted by Crippen LogP contribution is 2.24. The minimum atomic E-state index is -0.522. The van der Waals surface area contributed by atoms with Gasteiger partial charge in [-0.25, -0.2) is 0 Å². The van der Waals surface area contributed by atoms with Gasteiger partial charge in [0.15, 0.2) is 6.10 Å². The van der Waals surface area contributed by atoms with E-state index < -0.39 is 6.10 Å². The number of benzene rings is 2. The zero-order valence-corrected chi connectivity index (χ0v) is 18.0. The predicted molar refractivity (Wildman–Crippen MR) is 116 cm³/mol. The van der Waals surface area contributed by atoms with E-state index in [-0.39, 0.29) is 11.3 Å². The fraction of sp³-hybridized carbons (Fsp3) is 0.409. The number of amides is 1. The first kappa shape index (κ1) is 21.6. The number of thioether (sulfide) groups is 1. The molecule has 0 aliphatic heterocycles. The van der Waals surface area contributed by atoms with Gasteiger partial charge in [0.1, 0.15) is 5.75 Å². The number of ether oxygens (including phenoxy) is 1. The average Bonchev–Trinajstić information content (AvgIpc) is 2.62. The summed E-state index contributed by atoms with van der Waals surface area (Å²) < 4.78 is 5.75. The molecule has 27 heavy (non-hydrogen) atoms. The molecule has 1 amide bonds. The Labute approximate surface area is 171 Å². The summed E-state index contributed by atoms with van der Waals surface area (Å²) in [6.07, 6.45) is -0.522. The highest BCUT2D eigenvalue weighted by atomic mass is 35.5. The van der Waals surface area contributed by atoms with Crippen LogP contribution in [-0.2, 0) is 16.0 Å². The average molecular weight is 406 g/mol. The van der Waals surface area contributed by atoms with Crippen LogP contribution < -0.4 is 10.1 Å². The van der Waals surface area contributed by atoms with Gasteiger partial charge in [-0.2, -0.15) is 11.8 Å². The lowest BCUT2D eigenvalue weighted by Gasteiger charge is -2.20. The van der Waals surface area contributed by atoms with Crippen molar-refractivity contribution in [3.05, 3.63) is 64.7 Å². The van der Waals surface area contributed by atoms with E-state index in [0.717, 1.165) is 16.5 Å². The molecule has 0 aliphatic carbocycles. The SMILES string of the molecule is C[C@H](Oc1ccc(C(C)(C)C)cc1)C(=O)NCCSCc1ccc(Cl)cc1. The van der Waals surface area contributed by atoms with Crippen LogP contribution in [0.2, 0.25) is 5.02 Å². The number of hydrogen-bond acceptors (Lipinski definition) is 3. The van der Waals surface area contributed by atoms with Crippen LogP contribution in [0.1, 0.15) is 38.8 Å². The second-order valence-electron chi connectivity index (χ2n) is 7.50. The van der Waals surface area contributed by atoms with Crippen LogP contribution >= 0.6 is 23.4 Å². The van der Waals surface area contributed by atoms with Crippen LogP contribution in [0.25, 0.3) is 0 Å². The van der Waals surface area contributed by atoms with Crippen LogP contribution in [0.5, 0.6) is 5.75 Å². The Kier molecular flexibility index (Phi) is 8.06. The topological polar surface area (TPSA) is 38.3 Å². The molecule has 0 bridgehead atoms. The number of carbonyl (C=O) groups is 1. The van der Waals surface area contributed by atoms with Crippen molar-refractivity contribution < 1.29 is 9.53 Å². The monoisotopic (exact) mass is 405 g/mol. The molecule has 0 fully saturated rings. The summed E-state index contributed by atoms with van der Waals surface area (Å²) >= 11 is 7.65. The molecule has 0 spiro atoms.